The molecule has 3 heterocycles. The van der Waals surface area contributed by atoms with E-state index in [2.05, 4.69) is 15.1 Å². The van der Waals surface area contributed by atoms with Gasteiger partial charge in [-0.1, -0.05) is 18.6 Å². The Morgan fingerprint density at radius 2 is 2.07 bits per heavy atom. The van der Waals surface area contributed by atoms with Crippen LogP contribution in [0.4, 0.5) is 4.39 Å². The second kappa shape index (κ2) is 8.05. The maximum absolute atomic E-state index is 14.3. The molecule has 0 aliphatic carbocycles. The van der Waals surface area contributed by atoms with Gasteiger partial charge in [-0.2, -0.15) is 10.2 Å². The molecular weight excluding hydrogens is 341 g/mol. The lowest BCUT2D eigenvalue weighted by molar-refractivity contribution is 0.127. The van der Waals surface area contributed by atoms with Gasteiger partial charge < -0.3 is 0 Å². The minimum Gasteiger partial charge on any atom is -0.296 e. The number of hydrogen-bond acceptors (Lipinski definition) is 3. The molecule has 0 saturated carbocycles. The van der Waals surface area contributed by atoms with Gasteiger partial charge in [-0.25, -0.2) is 4.39 Å². The first kappa shape index (κ1) is 17.9. The van der Waals surface area contributed by atoms with Gasteiger partial charge in [0, 0.05) is 55.9 Å². The molecular formula is C21H26FN5. The van der Waals surface area contributed by atoms with Crippen LogP contribution in [0.15, 0.2) is 48.9 Å². The molecule has 2 aromatic heterocycles. The summed E-state index contributed by atoms with van der Waals surface area (Å²) < 4.78 is 18.1. The van der Waals surface area contributed by atoms with Gasteiger partial charge in [-0.05, 0) is 44.0 Å². The lowest BCUT2D eigenvalue weighted by Crippen LogP contribution is -2.39. The SMILES string of the molecule is Cn1cc(CN2CCCC[C@@H]2CCn2cccn2)c(-c2ccccc2F)n1. The van der Waals surface area contributed by atoms with Crippen LogP contribution in [0.5, 0.6) is 0 Å². The molecule has 1 saturated heterocycles. The third-order valence-electron chi connectivity index (χ3n) is 5.41. The molecule has 1 aliphatic rings. The molecule has 27 heavy (non-hydrogen) atoms. The topological polar surface area (TPSA) is 38.9 Å². The van der Waals surface area contributed by atoms with Crippen LogP contribution in [-0.2, 0) is 20.1 Å². The van der Waals surface area contributed by atoms with E-state index in [4.69, 9.17) is 0 Å². The first-order chi connectivity index (χ1) is 13.2. The monoisotopic (exact) mass is 367 g/mol. The summed E-state index contributed by atoms with van der Waals surface area (Å²) in [5.74, 6) is -0.216. The molecule has 1 aromatic carbocycles. The fourth-order valence-electron chi connectivity index (χ4n) is 4.06. The Labute approximate surface area is 159 Å². The zero-order valence-corrected chi connectivity index (χ0v) is 15.8. The number of piperidine rings is 1. The first-order valence-electron chi connectivity index (χ1n) is 9.69. The normalized spacial score (nSPS) is 18.1. The van der Waals surface area contributed by atoms with E-state index < -0.39 is 0 Å². The van der Waals surface area contributed by atoms with Crippen LogP contribution in [0.2, 0.25) is 0 Å². The van der Waals surface area contributed by atoms with E-state index in [0.717, 1.165) is 37.3 Å². The smallest absolute Gasteiger partial charge is 0.132 e. The highest BCUT2D eigenvalue weighted by Gasteiger charge is 2.24. The summed E-state index contributed by atoms with van der Waals surface area (Å²) in [6.07, 6.45) is 10.6. The Morgan fingerprint density at radius 3 is 2.89 bits per heavy atom. The van der Waals surface area contributed by atoms with Crippen LogP contribution >= 0.6 is 0 Å². The molecule has 1 fully saturated rings. The van der Waals surface area contributed by atoms with Crippen molar-refractivity contribution in [2.45, 2.75) is 44.8 Å². The number of halogens is 1. The van der Waals surface area contributed by atoms with Crippen molar-refractivity contribution in [1.29, 1.82) is 0 Å². The van der Waals surface area contributed by atoms with Gasteiger partial charge in [-0.3, -0.25) is 14.3 Å². The van der Waals surface area contributed by atoms with Gasteiger partial charge in [0.2, 0.25) is 0 Å². The Hall–Kier alpha value is -2.47. The average molecular weight is 367 g/mol. The number of benzene rings is 1. The predicted molar refractivity (Wildman–Crippen MR) is 103 cm³/mol. The summed E-state index contributed by atoms with van der Waals surface area (Å²) in [6.45, 7) is 2.82. The summed E-state index contributed by atoms with van der Waals surface area (Å²) in [6, 6.07) is 9.39. The Bertz CT molecular complexity index is 871. The van der Waals surface area contributed by atoms with Crippen LogP contribution in [0.25, 0.3) is 11.3 Å². The van der Waals surface area contributed by atoms with E-state index >= 15 is 0 Å². The second-order valence-electron chi connectivity index (χ2n) is 7.33. The van der Waals surface area contributed by atoms with Gasteiger partial charge in [0.25, 0.3) is 0 Å². The number of likely N-dealkylation sites (tertiary alicyclic amines) is 1. The quantitative estimate of drug-likeness (QED) is 0.664. The molecule has 0 amide bonds. The van der Waals surface area contributed by atoms with E-state index in [9.17, 15) is 4.39 Å². The fourth-order valence-corrected chi connectivity index (χ4v) is 4.06. The van der Waals surface area contributed by atoms with Crippen molar-refractivity contribution in [3.63, 3.8) is 0 Å². The molecule has 0 radical (unpaired) electrons. The third kappa shape index (κ3) is 4.11. The molecule has 4 rings (SSSR count). The number of nitrogens with zero attached hydrogens (tertiary/aromatic N) is 5. The number of hydrogen-bond donors (Lipinski definition) is 0. The van der Waals surface area contributed by atoms with Gasteiger partial charge in [0.05, 0.1) is 5.69 Å². The minimum atomic E-state index is -0.216. The van der Waals surface area contributed by atoms with Gasteiger partial charge >= 0.3 is 0 Å². The predicted octanol–water partition coefficient (Wildman–Crippen LogP) is 3.87. The zero-order valence-electron chi connectivity index (χ0n) is 15.8. The van der Waals surface area contributed by atoms with Crippen molar-refractivity contribution in [3.05, 3.63) is 60.3 Å². The van der Waals surface area contributed by atoms with E-state index in [1.807, 2.05) is 48.5 Å². The first-order valence-corrected chi connectivity index (χ1v) is 9.69. The maximum Gasteiger partial charge on any atom is 0.132 e. The fraction of sp³-hybridized carbons (Fsp3) is 0.429. The Balaban J connectivity index is 1.52. The van der Waals surface area contributed by atoms with Crippen molar-refractivity contribution in [2.24, 2.45) is 7.05 Å². The Kier molecular flexibility index (Phi) is 5.34. The molecule has 6 heteroatoms. The second-order valence-corrected chi connectivity index (χ2v) is 7.33. The number of aromatic nitrogens is 4. The molecule has 0 unspecified atom stereocenters. The van der Waals surface area contributed by atoms with Crippen LogP contribution in [0, 0.1) is 5.82 Å². The van der Waals surface area contributed by atoms with Crippen molar-refractivity contribution in [1.82, 2.24) is 24.5 Å². The summed E-state index contributed by atoms with van der Waals surface area (Å²) in [4.78, 5) is 2.54. The summed E-state index contributed by atoms with van der Waals surface area (Å²) in [5.41, 5.74) is 2.43. The largest absolute Gasteiger partial charge is 0.296 e. The summed E-state index contributed by atoms with van der Waals surface area (Å²) >= 11 is 0. The molecule has 0 spiro atoms. The Morgan fingerprint density at radius 1 is 1.19 bits per heavy atom. The molecule has 1 atom stereocenters. The van der Waals surface area contributed by atoms with Gasteiger partial charge in [-0.15, -0.1) is 0 Å². The highest BCUT2D eigenvalue weighted by molar-refractivity contribution is 5.63. The van der Waals surface area contributed by atoms with Crippen LogP contribution in [-0.4, -0.2) is 37.0 Å². The van der Waals surface area contributed by atoms with E-state index in [0.29, 0.717) is 11.6 Å². The standard InChI is InChI=1S/C21H26FN5/c1-25-15-17(21(24-25)19-8-2-3-9-20(19)22)16-26-12-5-4-7-18(26)10-14-27-13-6-11-23-27/h2-3,6,8-9,11,13,15,18H,4-5,7,10,12,14,16H2,1H3/t18-/m1/s1. The zero-order chi connectivity index (χ0) is 18.6. The van der Waals surface area contributed by atoms with E-state index in [-0.39, 0.29) is 5.82 Å². The minimum absolute atomic E-state index is 0.216. The van der Waals surface area contributed by atoms with E-state index in [1.54, 1.807) is 10.7 Å². The molecule has 5 nitrogen and oxygen atoms in total. The molecule has 142 valence electrons. The maximum atomic E-state index is 14.3. The van der Waals surface area contributed by atoms with Gasteiger partial charge in [0.1, 0.15) is 5.82 Å². The van der Waals surface area contributed by atoms with Crippen molar-refractivity contribution in [2.75, 3.05) is 6.54 Å². The highest BCUT2D eigenvalue weighted by Crippen LogP contribution is 2.28. The number of aryl methyl sites for hydroxylation is 2. The average Bonchev–Trinajstić information content (AvgIpc) is 3.31. The van der Waals surface area contributed by atoms with Crippen molar-refractivity contribution in [3.8, 4) is 11.3 Å². The van der Waals surface area contributed by atoms with Crippen LogP contribution in [0.3, 0.4) is 0 Å². The molecule has 0 bridgehead atoms. The van der Waals surface area contributed by atoms with Crippen molar-refractivity contribution >= 4 is 0 Å². The van der Waals surface area contributed by atoms with Crippen LogP contribution in [0.1, 0.15) is 31.2 Å². The lowest BCUT2D eigenvalue weighted by atomic mass is 9.98. The summed E-state index contributed by atoms with van der Waals surface area (Å²) in [7, 11) is 1.90. The van der Waals surface area contributed by atoms with Crippen molar-refractivity contribution < 1.29 is 4.39 Å². The van der Waals surface area contributed by atoms with E-state index in [1.165, 1.54) is 25.3 Å². The van der Waals surface area contributed by atoms with Gasteiger partial charge in [0.15, 0.2) is 0 Å². The highest BCUT2D eigenvalue weighted by atomic mass is 19.1. The lowest BCUT2D eigenvalue weighted by Gasteiger charge is -2.35. The molecule has 0 N–H and O–H groups in total. The number of rotatable bonds is 6. The summed E-state index contributed by atoms with van der Waals surface area (Å²) in [5, 5.41) is 8.87. The molecule has 1 aliphatic heterocycles. The third-order valence-corrected chi connectivity index (χ3v) is 5.41. The van der Waals surface area contributed by atoms with Crippen LogP contribution < -0.4 is 0 Å². The molecule has 3 aromatic rings.